The number of rotatable bonds is 4. The topological polar surface area (TPSA) is 73.9 Å². The van der Waals surface area contributed by atoms with Crippen molar-refractivity contribution in [3.63, 3.8) is 0 Å². The Bertz CT molecular complexity index is 940. The number of ether oxygens (including phenoxy) is 1. The van der Waals surface area contributed by atoms with Crippen molar-refractivity contribution >= 4 is 24.0 Å². The van der Waals surface area contributed by atoms with Crippen molar-refractivity contribution in [3.05, 3.63) is 70.5 Å². The van der Waals surface area contributed by atoms with E-state index in [1.165, 1.54) is 12.7 Å². The van der Waals surface area contributed by atoms with E-state index in [-0.39, 0.29) is 23.8 Å². The Morgan fingerprint density at radius 2 is 1.68 bits per heavy atom. The molecule has 0 radical (unpaired) electrons. The molecular weight excluding hydrogens is 395 g/mol. The quantitative estimate of drug-likeness (QED) is 0.647. The van der Waals surface area contributed by atoms with E-state index in [9.17, 15) is 0 Å². The zero-order valence-electron chi connectivity index (χ0n) is 16.3. The van der Waals surface area contributed by atoms with Gasteiger partial charge in [0.05, 0.1) is 13.2 Å². The molecule has 1 aromatic heterocycles. The summed E-state index contributed by atoms with van der Waals surface area (Å²) < 4.78 is 5.28. The maximum atomic E-state index is 6.38. The van der Waals surface area contributed by atoms with Crippen LogP contribution in [0.4, 0.5) is 0 Å². The largest absolute Gasteiger partial charge is 0.467 e. The highest BCUT2D eigenvalue weighted by Gasteiger charge is 2.19. The van der Waals surface area contributed by atoms with Gasteiger partial charge in [0.15, 0.2) is 11.6 Å². The summed E-state index contributed by atoms with van der Waals surface area (Å²) in [6.07, 6.45) is 0. The van der Waals surface area contributed by atoms with Crippen LogP contribution in [-0.2, 0) is 5.41 Å². The minimum Gasteiger partial charge on any atom is -0.467 e. The number of methoxy groups -OCH3 is 1. The van der Waals surface area contributed by atoms with Gasteiger partial charge in [-0.15, -0.1) is 12.4 Å². The normalized spacial score (nSPS) is 12.2. The average molecular weight is 419 g/mol. The number of halogens is 2. The Hall–Kier alpha value is -2.21. The van der Waals surface area contributed by atoms with Crippen molar-refractivity contribution in [2.24, 2.45) is 5.73 Å². The van der Waals surface area contributed by atoms with Crippen molar-refractivity contribution in [2.45, 2.75) is 32.2 Å². The minimum absolute atomic E-state index is 0. The second-order valence-corrected chi connectivity index (χ2v) is 7.80. The molecular formula is C21H24Cl2N4O. The second kappa shape index (κ2) is 8.86. The number of aromatic nitrogens is 3. The van der Waals surface area contributed by atoms with Gasteiger partial charge in [-0.05, 0) is 34.7 Å². The van der Waals surface area contributed by atoms with Gasteiger partial charge in [-0.25, -0.2) is 4.98 Å². The maximum Gasteiger partial charge on any atom is 0.320 e. The fraction of sp³-hybridized carbons (Fsp3) is 0.286. The minimum atomic E-state index is -0.510. The Balaban J connectivity index is 0.00000280. The van der Waals surface area contributed by atoms with Gasteiger partial charge in [0, 0.05) is 10.6 Å². The molecule has 0 spiro atoms. The molecule has 0 saturated heterocycles. The van der Waals surface area contributed by atoms with E-state index in [1.54, 1.807) is 12.1 Å². The summed E-state index contributed by atoms with van der Waals surface area (Å²) in [5, 5.41) is 0.652. The monoisotopic (exact) mass is 418 g/mol. The summed E-state index contributed by atoms with van der Waals surface area (Å²) >= 11 is 5.96. The van der Waals surface area contributed by atoms with Crippen LogP contribution in [0.2, 0.25) is 5.02 Å². The smallest absolute Gasteiger partial charge is 0.320 e. The van der Waals surface area contributed by atoms with Crippen molar-refractivity contribution in [1.82, 2.24) is 15.0 Å². The van der Waals surface area contributed by atoms with E-state index in [2.05, 4.69) is 47.9 Å². The lowest BCUT2D eigenvalue weighted by Crippen LogP contribution is -2.17. The third-order valence-corrected chi connectivity index (χ3v) is 4.56. The van der Waals surface area contributed by atoms with Gasteiger partial charge in [-0.2, -0.15) is 9.97 Å². The molecule has 0 bridgehead atoms. The van der Waals surface area contributed by atoms with Crippen LogP contribution in [0.15, 0.2) is 48.5 Å². The molecule has 0 aliphatic carbocycles. The molecule has 1 unspecified atom stereocenters. The molecule has 2 aromatic carbocycles. The Labute approximate surface area is 176 Å². The highest BCUT2D eigenvalue weighted by Crippen LogP contribution is 2.28. The van der Waals surface area contributed by atoms with E-state index < -0.39 is 6.04 Å². The molecule has 0 amide bonds. The molecule has 0 aliphatic heterocycles. The molecule has 0 aliphatic rings. The summed E-state index contributed by atoms with van der Waals surface area (Å²) in [7, 11) is 1.53. The van der Waals surface area contributed by atoms with Crippen LogP contribution in [0.3, 0.4) is 0 Å². The first-order valence-electron chi connectivity index (χ1n) is 8.70. The van der Waals surface area contributed by atoms with Crippen molar-refractivity contribution in [3.8, 4) is 17.4 Å². The van der Waals surface area contributed by atoms with Crippen molar-refractivity contribution < 1.29 is 4.74 Å². The number of benzene rings is 2. The van der Waals surface area contributed by atoms with Gasteiger partial charge >= 0.3 is 6.01 Å². The van der Waals surface area contributed by atoms with Crippen LogP contribution in [0.1, 0.15) is 43.8 Å². The summed E-state index contributed by atoms with van der Waals surface area (Å²) in [4.78, 5) is 13.4. The molecule has 1 heterocycles. The molecule has 1 atom stereocenters. The summed E-state index contributed by atoms with van der Waals surface area (Å²) in [6.45, 7) is 6.51. The van der Waals surface area contributed by atoms with Crippen molar-refractivity contribution in [1.29, 1.82) is 0 Å². The molecule has 5 nitrogen and oxygen atoms in total. The lowest BCUT2D eigenvalue weighted by atomic mass is 9.86. The van der Waals surface area contributed by atoms with Crippen LogP contribution >= 0.6 is 24.0 Å². The van der Waals surface area contributed by atoms with Gasteiger partial charge in [0.25, 0.3) is 0 Å². The molecule has 0 fully saturated rings. The Kier molecular flexibility index (Phi) is 6.99. The first kappa shape index (κ1) is 22.1. The lowest BCUT2D eigenvalue weighted by molar-refractivity contribution is 0.375. The summed E-state index contributed by atoms with van der Waals surface area (Å²) in [5.41, 5.74) is 9.36. The van der Waals surface area contributed by atoms with Gasteiger partial charge in [0.1, 0.15) is 0 Å². The van der Waals surface area contributed by atoms with Gasteiger partial charge in [-0.1, -0.05) is 62.7 Å². The zero-order valence-corrected chi connectivity index (χ0v) is 17.9. The third-order valence-electron chi connectivity index (χ3n) is 4.31. The summed E-state index contributed by atoms with van der Waals surface area (Å²) in [5.74, 6) is 0.979. The summed E-state index contributed by atoms with van der Waals surface area (Å²) in [6, 6.07) is 15.2. The standard InChI is InChI=1S/C21H23ClN4O.ClH/c1-21(2,3)15-7-5-6-14(12-15)18-24-19(26-20(25-18)27-4)17(23)13-8-10-16(22)11-9-13;/h5-12,17H,23H2,1-4H3;1H. The molecule has 28 heavy (non-hydrogen) atoms. The van der Waals surface area contributed by atoms with E-state index in [0.717, 1.165) is 11.1 Å². The van der Waals surface area contributed by atoms with Crippen LogP contribution in [0, 0.1) is 0 Å². The fourth-order valence-electron chi connectivity index (χ4n) is 2.68. The average Bonchev–Trinajstić information content (AvgIpc) is 2.67. The first-order chi connectivity index (χ1) is 12.8. The molecule has 3 rings (SSSR count). The van der Waals surface area contributed by atoms with E-state index >= 15 is 0 Å². The second-order valence-electron chi connectivity index (χ2n) is 7.36. The van der Waals surface area contributed by atoms with E-state index in [1.807, 2.05) is 24.3 Å². The molecule has 2 N–H and O–H groups in total. The number of nitrogens with zero attached hydrogens (tertiary/aromatic N) is 3. The molecule has 3 aromatic rings. The van der Waals surface area contributed by atoms with Crippen molar-refractivity contribution in [2.75, 3.05) is 7.11 Å². The van der Waals surface area contributed by atoms with Crippen LogP contribution in [0.5, 0.6) is 6.01 Å². The predicted octanol–water partition coefficient (Wildman–Crippen LogP) is 4.97. The number of nitrogens with two attached hydrogens (primary N) is 1. The highest BCUT2D eigenvalue weighted by molar-refractivity contribution is 6.30. The number of hydrogen-bond acceptors (Lipinski definition) is 5. The Morgan fingerprint density at radius 3 is 2.29 bits per heavy atom. The predicted molar refractivity (Wildman–Crippen MR) is 115 cm³/mol. The molecule has 7 heteroatoms. The zero-order chi connectivity index (χ0) is 19.6. The number of hydrogen-bond donors (Lipinski definition) is 1. The van der Waals surface area contributed by atoms with Gasteiger partial charge in [-0.3, -0.25) is 0 Å². The van der Waals surface area contributed by atoms with Crippen LogP contribution < -0.4 is 10.5 Å². The fourth-order valence-corrected chi connectivity index (χ4v) is 2.80. The van der Waals surface area contributed by atoms with Gasteiger partial charge < -0.3 is 10.5 Å². The molecule has 0 saturated carbocycles. The van der Waals surface area contributed by atoms with Crippen LogP contribution in [-0.4, -0.2) is 22.1 Å². The highest BCUT2D eigenvalue weighted by atomic mass is 35.5. The first-order valence-corrected chi connectivity index (χ1v) is 9.07. The Morgan fingerprint density at radius 1 is 1.00 bits per heavy atom. The van der Waals surface area contributed by atoms with Gasteiger partial charge in [0.2, 0.25) is 0 Å². The SMILES string of the molecule is COc1nc(-c2cccc(C(C)(C)C)c2)nc(C(N)c2ccc(Cl)cc2)n1.Cl. The van der Waals surface area contributed by atoms with E-state index in [0.29, 0.717) is 16.7 Å². The van der Waals surface area contributed by atoms with Crippen LogP contribution in [0.25, 0.3) is 11.4 Å². The molecule has 148 valence electrons. The lowest BCUT2D eigenvalue weighted by Gasteiger charge is -2.19. The van der Waals surface area contributed by atoms with E-state index in [4.69, 9.17) is 22.1 Å². The maximum absolute atomic E-state index is 6.38. The third kappa shape index (κ3) is 4.98.